The SMILES string of the molecule is C=Cc1ccc(CC)cc1-c1ccccc1CC. The van der Waals surface area contributed by atoms with Crippen LogP contribution in [-0.2, 0) is 12.8 Å². The first-order chi connectivity index (χ1) is 8.80. The van der Waals surface area contributed by atoms with Crippen LogP contribution in [0.2, 0.25) is 0 Å². The van der Waals surface area contributed by atoms with E-state index in [-0.39, 0.29) is 0 Å². The van der Waals surface area contributed by atoms with Crippen molar-refractivity contribution in [1.82, 2.24) is 0 Å². The average molecular weight is 236 g/mol. The number of hydrogen-bond donors (Lipinski definition) is 0. The summed E-state index contributed by atoms with van der Waals surface area (Å²) in [6, 6.07) is 15.3. The number of aryl methyl sites for hydroxylation is 2. The zero-order chi connectivity index (χ0) is 13.0. The fourth-order valence-electron chi connectivity index (χ4n) is 2.33. The van der Waals surface area contributed by atoms with Crippen LogP contribution in [0.15, 0.2) is 49.0 Å². The zero-order valence-corrected chi connectivity index (χ0v) is 11.2. The van der Waals surface area contributed by atoms with E-state index in [9.17, 15) is 0 Å². The largest absolute Gasteiger partial charge is 0.0984 e. The van der Waals surface area contributed by atoms with Crippen molar-refractivity contribution in [2.24, 2.45) is 0 Å². The minimum atomic E-state index is 1.06. The summed E-state index contributed by atoms with van der Waals surface area (Å²) in [6.45, 7) is 8.33. The monoisotopic (exact) mass is 236 g/mol. The van der Waals surface area contributed by atoms with Gasteiger partial charge in [0.25, 0.3) is 0 Å². The average Bonchev–Trinajstić information content (AvgIpc) is 2.46. The molecule has 0 aromatic heterocycles. The molecule has 0 aliphatic rings. The van der Waals surface area contributed by atoms with Gasteiger partial charge in [0.15, 0.2) is 0 Å². The summed E-state index contributed by atoms with van der Waals surface area (Å²) < 4.78 is 0. The Bertz CT molecular complexity index is 550. The molecule has 0 aliphatic heterocycles. The molecular weight excluding hydrogens is 216 g/mol. The molecule has 2 rings (SSSR count). The summed E-state index contributed by atoms with van der Waals surface area (Å²) in [7, 11) is 0. The van der Waals surface area contributed by atoms with Crippen molar-refractivity contribution in [3.8, 4) is 11.1 Å². The van der Waals surface area contributed by atoms with E-state index >= 15 is 0 Å². The Hall–Kier alpha value is -1.82. The van der Waals surface area contributed by atoms with E-state index in [1.54, 1.807) is 0 Å². The van der Waals surface area contributed by atoms with Crippen LogP contribution in [0.4, 0.5) is 0 Å². The van der Waals surface area contributed by atoms with Crippen molar-refractivity contribution in [3.63, 3.8) is 0 Å². The summed E-state index contributed by atoms with van der Waals surface area (Å²) in [6.07, 6.45) is 4.07. The van der Waals surface area contributed by atoms with Gasteiger partial charge in [0.05, 0.1) is 0 Å². The Morgan fingerprint density at radius 1 is 0.944 bits per heavy atom. The van der Waals surface area contributed by atoms with E-state index < -0.39 is 0 Å². The molecule has 0 bridgehead atoms. The fourth-order valence-corrected chi connectivity index (χ4v) is 2.33. The second kappa shape index (κ2) is 5.68. The predicted molar refractivity (Wildman–Crippen MR) is 80.7 cm³/mol. The number of benzene rings is 2. The first-order valence-electron chi connectivity index (χ1n) is 6.63. The molecule has 0 spiro atoms. The minimum absolute atomic E-state index is 1.06. The van der Waals surface area contributed by atoms with Crippen LogP contribution in [0.3, 0.4) is 0 Å². The van der Waals surface area contributed by atoms with E-state index in [0.717, 1.165) is 12.8 Å². The normalized spacial score (nSPS) is 10.3. The summed E-state index contributed by atoms with van der Waals surface area (Å²) in [5.41, 5.74) is 6.63. The molecule has 0 radical (unpaired) electrons. The molecular formula is C18H20. The Kier molecular flexibility index (Phi) is 3.99. The van der Waals surface area contributed by atoms with Gasteiger partial charge in [0, 0.05) is 0 Å². The van der Waals surface area contributed by atoms with E-state index in [0.29, 0.717) is 0 Å². The van der Waals surface area contributed by atoms with Gasteiger partial charge in [-0.15, -0.1) is 0 Å². The molecule has 0 fully saturated rings. The molecule has 0 nitrogen and oxygen atoms in total. The van der Waals surface area contributed by atoms with Crippen LogP contribution in [-0.4, -0.2) is 0 Å². The molecule has 0 N–H and O–H groups in total. The van der Waals surface area contributed by atoms with Crippen LogP contribution in [0.25, 0.3) is 17.2 Å². The van der Waals surface area contributed by atoms with Gasteiger partial charge in [-0.3, -0.25) is 0 Å². The maximum Gasteiger partial charge on any atom is -0.0106 e. The first kappa shape index (κ1) is 12.6. The Morgan fingerprint density at radius 3 is 2.39 bits per heavy atom. The lowest BCUT2D eigenvalue weighted by molar-refractivity contribution is 1.13. The predicted octanol–water partition coefficient (Wildman–Crippen LogP) is 5.12. The van der Waals surface area contributed by atoms with E-state index in [1.807, 2.05) is 6.08 Å². The van der Waals surface area contributed by atoms with Crippen molar-refractivity contribution in [2.45, 2.75) is 26.7 Å². The number of rotatable bonds is 4. The summed E-state index contributed by atoms with van der Waals surface area (Å²) in [5, 5.41) is 0. The lowest BCUT2D eigenvalue weighted by Crippen LogP contribution is -1.91. The van der Waals surface area contributed by atoms with Crippen LogP contribution >= 0.6 is 0 Å². The molecule has 18 heavy (non-hydrogen) atoms. The lowest BCUT2D eigenvalue weighted by atomic mass is 9.92. The maximum absolute atomic E-state index is 3.93. The van der Waals surface area contributed by atoms with Gasteiger partial charge < -0.3 is 0 Å². The minimum Gasteiger partial charge on any atom is -0.0984 e. The van der Waals surface area contributed by atoms with Gasteiger partial charge in [0.1, 0.15) is 0 Å². The fraction of sp³-hybridized carbons (Fsp3) is 0.222. The van der Waals surface area contributed by atoms with E-state index in [2.05, 4.69) is 62.9 Å². The van der Waals surface area contributed by atoms with Crippen molar-refractivity contribution < 1.29 is 0 Å². The summed E-state index contributed by atoms with van der Waals surface area (Å²) >= 11 is 0. The molecule has 0 saturated carbocycles. The summed E-state index contributed by atoms with van der Waals surface area (Å²) in [4.78, 5) is 0. The molecule has 0 heterocycles. The first-order valence-corrected chi connectivity index (χ1v) is 6.63. The van der Waals surface area contributed by atoms with Crippen LogP contribution in [0, 0.1) is 0 Å². The lowest BCUT2D eigenvalue weighted by Gasteiger charge is -2.12. The highest BCUT2D eigenvalue weighted by Gasteiger charge is 2.07. The van der Waals surface area contributed by atoms with E-state index in [1.165, 1.54) is 27.8 Å². The van der Waals surface area contributed by atoms with Gasteiger partial charge in [-0.05, 0) is 40.7 Å². The summed E-state index contributed by atoms with van der Waals surface area (Å²) in [5.74, 6) is 0. The van der Waals surface area contributed by atoms with Crippen molar-refractivity contribution in [3.05, 3.63) is 65.7 Å². The molecule has 0 saturated heterocycles. The zero-order valence-electron chi connectivity index (χ0n) is 11.2. The molecule has 2 aromatic carbocycles. The van der Waals surface area contributed by atoms with Gasteiger partial charge >= 0.3 is 0 Å². The standard InChI is InChI=1S/C18H20/c1-4-14-11-12-16(6-3)18(13-14)17-10-8-7-9-15(17)5-2/h6-13H,3-5H2,1-2H3. The topological polar surface area (TPSA) is 0 Å². The molecule has 0 atom stereocenters. The molecule has 0 unspecified atom stereocenters. The third kappa shape index (κ3) is 2.38. The molecule has 0 aliphatic carbocycles. The van der Waals surface area contributed by atoms with Crippen molar-refractivity contribution in [2.75, 3.05) is 0 Å². The van der Waals surface area contributed by atoms with E-state index in [4.69, 9.17) is 0 Å². The van der Waals surface area contributed by atoms with Crippen LogP contribution < -0.4 is 0 Å². The van der Waals surface area contributed by atoms with Gasteiger partial charge in [0.2, 0.25) is 0 Å². The maximum atomic E-state index is 3.93. The Morgan fingerprint density at radius 2 is 1.72 bits per heavy atom. The third-order valence-corrected chi connectivity index (χ3v) is 3.43. The van der Waals surface area contributed by atoms with Gasteiger partial charge in [-0.1, -0.05) is 69.0 Å². The molecule has 0 heteroatoms. The third-order valence-electron chi connectivity index (χ3n) is 3.43. The highest BCUT2D eigenvalue weighted by atomic mass is 14.1. The quantitative estimate of drug-likeness (QED) is 0.691. The smallest absolute Gasteiger partial charge is 0.0106 e. The van der Waals surface area contributed by atoms with Crippen LogP contribution in [0.5, 0.6) is 0 Å². The Balaban J connectivity index is 2.64. The second-order valence-electron chi connectivity index (χ2n) is 4.49. The molecule has 92 valence electrons. The number of hydrogen-bond acceptors (Lipinski definition) is 0. The van der Waals surface area contributed by atoms with Crippen molar-refractivity contribution in [1.29, 1.82) is 0 Å². The highest BCUT2D eigenvalue weighted by Crippen LogP contribution is 2.29. The molecule has 0 amide bonds. The van der Waals surface area contributed by atoms with Gasteiger partial charge in [-0.25, -0.2) is 0 Å². The van der Waals surface area contributed by atoms with Crippen LogP contribution in [0.1, 0.15) is 30.5 Å². The second-order valence-corrected chi connectivity index (χ2v) is 4.49. The van der Waals surface area contributed by atoms with Gasteiger partial charge in [-0.2, -0.15) is 0 Å². The molecule has 2 aromatic rings. The highest BCUT2D eigenvalue weighted by molar-refractivity contribution is 5.77. The van der Waals surface area contributed by atoms with Crippen molar-refractivity contribution >= 4 is 6.08 Å². The Labute approximate surface area is 110 Å².